The second-order valence-corrected chi connectivity index (χ2v) is 9.71. The monoisotopic (exact) mass is 545 g/mol. The Labute approximate surface area is 210 Å². The van der Waals surface area contributed by atoms with Gasteiger partial charge in [0, 0.05) is 15.8 Å². The second-order valence-electron chi connectivity index (χ2n) is 7.28. The molecule has 0 fully saturated rings. The van der Waals surface area contributed by atoms with Crippen molar-refractivity contribution in [3.05, 3.63) is 80.1 Å². The lowest BCUT2D eigenvalue weighted by Gasteiger charge is -2.13. The third-order valence-corrected chi connectivity index (χ3v) is 6.71. The van der Waals surface area contributed by atoms with Gasteiger partial charge in [0.2, 0.25) is 0 Å². The second kappa shape index (κ2) is 11.4. The Kier molecular flexibility index (Phi) is 8.60. The molecule has 0 aliphatic carbocycles. The first-order chi connectivity index (χ1) is 15.8. The molecule has 9 heteroatoms. The number of primary amides is 1. The van der Waals surface area contributed by atoms with Gasteiger partial charge < -0.3 is 15.8 Å². The Morgan fingerprint density at radius 2 is 1.91 bits per heavy atom. The Morgan fingerprint density at radius 1 is 1.18 bits per heavy atom. The van der Waals surface area contributed by atoms with Crippen LogP contribution in [0, 0.1) is 6.92 Å². The molecule has 3 aromatic rings. The lowest BCUT2D eigenvalue weighted by Crippen LogP contribution is -2.34. The molecule has 4 N–H and O–H groups in total. The molecule has 0 aliphatic heterocycles. The molecule has 1 aromatic heterocycles. The van der Waals surface area contributed by atoms with Crippen molar-refractivity contribution in [3.8, 4) is 5.75 Å². The number of hydrogen-bond acceptors (Lipinski definition) is 5. The van der Waals surface area contributed by atoms with Crippen LogP contribution < -0.4 is 21.1 Å². The highest BCUT2D eigenvalue weighted by Crippen LogP contribution is 2.34. The average molecular weight is 547 g/mol. The van der Waals surface area contributed by atoms with E-state index in [0.29, 0.717) is 34.9 Å². The van der Waals surface area contributed by atoms with Crippen molar-refractivity contribution in [3.63, 3.8) is 0 Å². The number of ether oxygens (including phenoxy) is 1. The Balaban J connectivity index is 1.79. The lowest BCUT2D eigenvalue weighted by atomic mass is 10.1. The molecule has 2 amide bonds. The summed E-state index contributed by atoms with van der Waals surface area (Å²) in [5.41, 5.74) is 8.29. The third-order valence-electron chi connectivity index (χ3n) is 4.80. The number of benzene rings is 2. The van der Waals surface area contributed by atoms with Crippen LogP contribution >= 0.6 is 39.5 Å². The lowest BCUT2D eigenvalue weighted by molar-refractivity contribution is 0.0971. The summed E-state index contributed by atoms with van der Waals surface area (Å²) in [6.45, 7) is 4.34. The van der Waals surface area contributed by atoms with Crippen LogP contribution in [0.2, 0.25) is 0 Å². The highest BCUT2D eigenvalue weighted by molar-refractivity contribution is 9.10. The van der Waals surface area contributed by atoms with Gasteiger partial charge in [-0.25, -0.2) is 0 Å². The molecule has 3 rings (SSSR count). The molecule has 2 aromatic carbocycles. The largest absolute Gasteiger partial charge is 0.493 e. The molecule has 0 unspecified atom stereocenters. The highest BCUT2D eigenvalue weighted by atomic mass is 79.9. The van der Waals surface area contributed by atoms with E-state index in [2.05, 4.69) is 26.6 Å². The Bertz CT molecular complexity index is 1180. The standard InChI is InChI=1S/C24H24BrN3O3S2/c1-3-11-31-18-10-9-16(25)13-17(18)22(30)27-24(32)28-23-20(21(26)29)14(2)19(33-23)12-15-7-5-4-6-8-15/h4-10,13H,3,11-12H2,1-2H3,(H2,26,29)(H2,27,28,30,32). The molecule has 172 valence electrons. The summed E-state index contributed by atoms with van der Waals surface area (Å²) in [6, 6.07) is 15.2. The van der Waals surface area contributed by atoms with Crippen molar-refractivity contribution in [2.75, 3.05) is 11.9 Å². The number of thiophene rings is 1. The van der Waals surface area contributed by atoms with E-state index in [1.54, 1.807) is 18.2 Å². The SMILES string of the molecule is CCCOc1ccc(Br)cc1C(=O)NC(=S)Nc1sc(Cc2ccccc2)c(C)c1C(N)=O. The van der Waals surface area contributed by atoms with Crippen LogP contribution in [-0.4, -0.2) is 23.5 Å². The first-order valence-corrected chi connectivity index (χ1v) is 12.3. The summed E-state index contributed by atoms with van der Waals surface area (Å²) in [5, 5.41) is 6.22. The number of amides is 2. The van der Waals surface area contributed by atoms with Gasteiger partial charge in [-0.1, -0.05) is 53.2 Å². The molecule has 0 saturated heterocycles. The van der Waals surface area contributed by atoms with E-state index >= 15 is 0 Å². The molecular formula is C24H24BrN3O3S2. The van der Waals surface area contributed by atoms with Gasteiger partial charge in [-0.05, 0) is 54.9 Å². The number of halogens is 1. The normalized spacial score (nSPS) is 10.5. The fourth-order valence-corrected chi connectivity index (χ4v) is 5.09. The smallest absolute Gasteiger partial charge is 0.261 e. The Morgan fingerprint density at radius 3 is 2.58 bits per heavy atom. The van der Waals surface area contributed by atoms with Crippen molar-refractivity contribution in [2.24, 2.45) is 5.73 Å². The maximum absolute atomic E-state index is 12.9. The van der Waals surface area contributed by atoms with Crippen LogP contribution in [0.15, 0.2) is 53.0 Å². The summed E-state index contributed by atoms with van der Waals surface area (Å²) >= 11 is 10.1. The number of nitrogens with two attached hydrogens (primary N) is 1. The van der Waals surface area contributed by atoms with E-state index in [-0.39, 0.29) is 5.11 Å². The molecule has 6 nitrogen and oxygen atoms in total. The van der Waals surface area contributed by atoms with Crippen LogP contribution in [-0.2, 0) is 6.42 Å². The molecule has 1 heterocycles. The zero-order valence-electron chi connectivity index (χ0n) is 18.2. The van der Waals surface area contributed by atoms with Gasteiger partial charge in [0.1, 0.15) is 10.8 Å². The molecular weight excluding hydrogens is 522 g/mol. The molecule has 33 heavy (non-hydrogen) atoms. The average Bonchev–Trinajstić information content (AvgIpc) is 3.07. The van der Waals surface area contributed by atoms with Crippen molar-refractivity contribution < 1.29 is 14.3 Å². The predicted octanol–water partition coefficient (Wildman–Crippen LogP) is 5.42. The summed E-state index contributed by atoms with van der Waals surface area (Å²) < 4.78 is 6.43. The zero-order valence-corrected chi connectivity index (χ0v) is 21.5. The first kappa shape index (κ1) is 24.9. The minimum atomic E-state index is -0.554. The summed E-state index contributed by atoms with van der Waals surface area (Å²) in [4.78, 5) is 26.0. The van der Waals surface area contributed by atoms with Gasteiger partial charge in [0.05, 0.1) is 17.7 Å². The number of rotatable bonds is 8. The summed E-state index contributed by atoms with van der Waals surface area (Å²) in [6.07, 6.45) is 1.48. The number of nitrogens with one attached hydrogen (secondary N) is 2. The van der Waals surface area contributed by atoms with Gasteiger partial charge in [-0.2, -0.15) is 0 Å². The highest BCUT2D eigenvalue weighted by Gasteiger charge is 2.21. The molecule has 0 saturated carbocycles. The molecule has 0 atom stereocenters. The molecule has 0 spiro atoms. The van der Waals surface area contributed by atoms with Gasteiger partial charge in [0.25, 0.3) is 11.8 Å². The zero-order chi connectivity index (χ0) is 24.0. The van der Waals surface area contributed by atoms with E-state index < -0.39 is 11.8 Å². The van der Waals surface area contributed by atoms with E-state index in [0.717, 1.165) is 26.9 Å². The number of thiocarbonyl (C=S) groups is 1. The first-order valence-electron chi connectivity index (χ1n) is 10.3. The maximum atomic E-state index is 12.9. The van der Waals surface area contributed by atoms with E-state index in [4.69, 9.17) is 22.7 Å². The van der Waals surface area contributed by atoms with Gasteiger partial charge in [-0.3, -0.25) is 14.9 Å². The van der Waals surface area contributed by atoms with Crippen molar-refractivity contribution >= 4 is 61.4 Å². The number of carbonyl (C=O) groups is 2. The van der Waals surface area contributed by atoms with Crippen molar-refractivity contribution in [1.82, 2.24) is 5.32 Å². The number of hydrogen-bond donors (Lipinski definition) is 3. The van der Waals surface area contributed by atoms with Crippen LogP contribution in [0.3, 0.4) is 0 Å². The Hall–Kier alpha value is -2.75. The van der Waals surface area contributed by atoms with Crippen molar-refractivity contribution in [2.45, 2.75) is 26.7 Å². The van der Waals surface area contributed by atoms with E-state index in [1.807, 2.05) is 44.2 Å². The fourth-order valence-electron chi connectivity index (χ4n) is 3.22. The minimum Gasteiger partial charge on any atom is -0.493 e. The molecule has 0 aliphatic rings. The van der Waals surface area contributed by atoms with Crippen LogP contribution in [0.4, 0.5) is 5.00 Å². The number of carbonyl (C=O) groups excluding carboxylic acids is 2. The fraction of sp³-hybridized carbons (Fsp3) is 0.208. The van der Waals surface area contributed by atoms with Crippen LogP contribution in [0.25, 0.3) is 0 Å². The summed E-state index contributed by atoms with van der Waals surface area (Å²) in [5.74, 6) is -0.504. The topological polar surface area (TPSA) is 93.4 Å². The van der Waals surface area contributed by atoms with E-state index in [1.165, 1.54) is 11.3 Å². The van der Waals surface area contributed by atoms with Crippen molar-refractivity contribution in [1.29, 1.82) is 0 Å². The van der Waals surface area contributed by atoms with E-state index in [9.17, 15) is 9.59 Å². The molecule has 0 bridgehead atoms. The van der Waals surface area contributed by atoms with Crippen LogP contribution in [0.1, 0.15) is 50.1 Å². The number of anilines is 1. The van der Waals surface area contributed by atoms with Crippen LogP contribution in [0.5, 0.6) is 5.75 Å². The minimum absolute atomic E-state index is 0.0661. The quantitative estimate of drug-likeness (QED) is 0.328. The van der Waals surface area contributed by atoms with Gasteiger partial charge >= 0.3 is 0 Å². The molecule has 0 radical (unpaired) electrons. The summed E-state index contributed by atoms with van der Waals surface area (Å²) in [7, 11) is 0. The predicted molar refractivity (Wildman–Crippen MR) is 140 cm³/mol. The third kappa shape index (κ3) is 6.40. The van der Waals surface area contributed by atoms with Gasteiger partial charge in [0.15, 0.2) is 5.11 Å². The maximum Gasteiger partial charge on any atom is 0.261 e. The van der Waals surface area contributed by atoms with Gasteiger partial charge in [-0.15, -0.1) is 11.3 Å².